The quantitative estimate of drug-likeness (QED) is 0.185. The van der Waals surface area contributed by atoms with Gasteiger partial charge in [-0.1, -0.05) is 87.5 Å². The Balaban J connectivity index is 2.32. The van der Waals surface area contributed by atoms with E-state index in [4.69, 9.17) is 31.7 Å². The van der Waals surface area contributed by atoms with Crippen molar-refractivity contribution in [2.75, 3.05) is 13.2 Å². The maximum Gasteiger partial charge on any atom is 0.380 e. The van der Waals surface area contributed by atoms with Crippen LogP contribution in [0.25, 0.3) is 0 Å². The molecule has 0 aliphatic heterocycles. The number of ether oxygens (including phenoxy) is 1. The molecule has 0 fully saturated rings. The number of carbonyl (C=O) groups excluding carboxylic acids is 1. The van der Waals surface area contributed by atoms with Crippen LogP contribution in [-0.4, -0.2) is 23.6 Å². The van der Waals surface area contributed by atoms with Crippen molar-refractivity contribution in [1.29, 1.82) is 0 Å². The van der Waals surface area contributed by atoms with E-state index in [0.717, 1.165) is 18.4 Å². The minimum absolute atomic E-state index is 0.00644. The number of thioether (sulfide) groups is 1. The Bertz CT molecular complexity index is 583. The van der Waals surface area contributed by atoms with Gasteiger partial charge in [0.15, 0.2) is 5.12 Å². The molecule has 0 aliphatic rings. The van der Waals surface area contributed by atoms with Gasteiger partial charge in [0.05, 0.1) is 25.1 Å². The molecule has 0 spiro atoms. The predicted octanol–water partition coefficient (Wildman–Crippen LogP) is 7.57. The summed E-state index contributed by atoms with van der Waals surface area (Å²) in [7, 11) is 0. The van der Waals surface area contributed by atoms with Gasteiger partial charge < -0.3 is 9.26 Å². The van der Waals surface area contributed by atoms with Crippen molar-refractivity contribution in [2.24, 2.45) is 0 Å². The molecule has 0 unspecified atom stereocenters. The third-order valence-corrected chi connectivity index (χ3v) is 6.22. The lowest BCUT2D eigenvalue weighted by Crippen LogP contribution is -2.20. The van der Waals surface area contributed by atoms with E-state index < -0.39 is 6.07 Å². The van der Waals surface area contributed by atoms with Crippen LogP contribution in [0.5, 0.6) is 0 Å². The zero-order valence-corrected chi connectivity index (χ0v) is 19.7. The highest BCUT2D eigenvalue weighted by Crippen LogP contribution is 2.57. The van der Waals surface area contributed by atoms with Crippen LogP contribution in [-0.2, 0) is 25.2 Å². The molecule has 0 aliphatic carbocycles. The Kier molecular flexibility index (Phi) is 14.6. The lowest BCUT2D eigenvalue weighted by Gasteiger charge is -2.16. The molecule has 0 N–H and O–H groups in total. The summed E-state index contributed by atoms with van der Waals surface area (Å²) in [5.41, 5.74) is 1.04. The summed E-state index contributed by atoms with van der Waals surface area (Å²) >= 11 is 12.1. The summed E-state index contributed by atoms with van der Waals surface area (Å²) in [6.07, 6.45) is 5.05. The molecule has 4 nitrogen and oxygen atoms in total. The Hall–Kier alpha value is -0.0300. The van der Waals surface area contributed by atoms with Crippen molar-refractivity contribution in [3.05, 3.63) is 35.9 Å². The zero-order chi connectivity index (χ0) is 20.7. The van der Waals surface area contributed by atoms with Crippen molar-refractivity contribution in [3.8, 4) is 0 Å². The Morgan fingerprint density at radius 2 is 1.68 bits per heavy atom. The average Bonchev–Trinajstić information content (AvgIpc) is 2.65. The molecule has 0 radical (unpaired) electrons. The second kappa shape index (κ2) is 15.8. The first-order valence-electron chi connectivity index (χ1n) is 9.85. The maximum absolute atomic E-state index is 12.3. The second-order valence-corrected chi connectivity index (χ2v) is 12.3. The van der Waals surface area contributed by atoms with Crippen LogP contribution in [0.4, 0.5) is 0 Å². The SMILES string of the molecule is CCCCCCCCCC(=O)S[C@H](COCc1ccccc1)COP(=O)(Cl)Cl. The molecular weight excluding hydrogens is 438 g/mol. The molecule has 0 saturated heterocycles. The Labute approximate surface area is 183 Å². The maximum atomic E-state index is 12.3. The van der Waals surface area contributed by atoms with Crippen LogP contribution in [0, 0.1) is 0 Å². The van der Waals surface area contributed by atoms with Crippen LogP contribution in [0.1, 0.15) is 63.9 Å². The van der Waals surface area contributed by atoms with Crippen molar-refractivity contribution in [3.63, 3.8) is 0 Å². The van der Waals surface area contributed by atoms with E-state index in [2.05, 4.69) is 6.92 Å². The fourth-order valence-electron chi connectivity index (χ4n) is 2.64. The number of benzene rings is 1. The first-order chi connectivity index (χ1) is 13.4. The lowest BCUT2D eigenvalue weighted by molar-refractivity contribution is -0.111. The highest BCUT2D eigenvalue weighted by Gasteiger charge is 2.21. The highest BCUT2D eigenvalue weighted by molar-refractivity contribution is 8.14. The van der Waals surface area contributed by atoms with E-state index in [1.165, 1.54) is 43.9 Å². The first-order valence-corrected chi connectivity index (χ1v) is 14.2. The smallest absolute Gasteiger partial charge is 0.376 e. The highest BCUT2D eigenvalue weighted by atomic mass is 35.9. The van der Waals surface area contributed by atoms with Gasteiger partial charge in [-0.05, 0) is 34.5 Å². The minimum atomic E-state index is -3.63. The molecule has 1 rings (SSSR count). The summed E-state index contributed by atoms with van der Waals surface area (Å²) in [4.78, 5) is 12.3. The van der Waals surface area contributed by atoms with Crippen molar-refractivity contribution in [2.45, 2.75) is 70.1 Å². The van der Waals surface area contributed by atoms with Gasteiger partial charge in [-0.2, -0.15) is 0 Å². The molecule has 0 bridgehead atoms. The van der Waals surface area contributed by atoms with Crippen molar-refractivity contribution >= 4 is 45.4 Å². The summed E-state index contributed by atoms with van der Waals surface area (Å²) in [5, 5.41) is -0.212. The van der Waals surface area contributed by atoms with Gasteiger partial charge in [-0.25, -0.2) is 0 Å². The second-order valence-electron chi connectivity index (χ2n) is 6.69. The molecule has 1 atom stereocenters. The zero-order valence-electron chi connectivity index (χ0n) is 16.5. The van der Waals surface area contributed by atoms with Gasteiger partial charge in [0.2, 0.25) is 0 Å². The van der Waals surface area contributed by atoms with E-state index in [1.54, 1.807) is 0 Å². The van der Waals surface area contributed by atoms with Crippen molar-refractivity contribution in [1.82, 2.24) is 0 Å². The monoisotopic (exact) mass is 468 g/mol. The van der Waals surface area contributed by atoms with Gasteiger partial charge in [-0.3, -0.25) is 9.36 Å². The Morgan fingerprint density at radius 3 is 2.32 bits per heavy atom. The summed E-state index contributed by atoms with van der Waals surface area (Å²) in [6.45, 7) is 2.93. The van der Waals surface area contributed by atoms with Gasteiger partial charge in [-0.15, -0.1) is 0 Å². The van der Waals surface area contributed by atoms with Crippen LogP contribution in [0.15, 0.2) is 30.3 Å². The van der Waals surface area contributed by atoms with Gasteiger partial charge >= 0.3 is 6.07 Å². The standard InChI is InChI=1S/C20H31Cl2O4PS/c1-2-3-4-5-6-7-11-14-20(23)28-19(17-26-27(21,22)24)16-25-15-18-12-9-8-10-13-18/h8-10,12-13,19H,2-7,11,14-17H2,1H3/t19-/m1/s1. The predicted molar refractivity (Wildman–Crippen MR) is 120 cm³/mol. The number of carbonyl (C=O) groups is 1. The fourth-order valence-corrected chi connectivity index (χ4v) is 4.37. The van der Waals surface area contributed by atoms with E-state index >= 15 is 0 Å². The molecule has 1 aromatic rings. The third-order valence-electron chi connectivity index (χ3n) is 4.11. The third kappa shape index (κ3) is 14.9. The van der Waals surface area contributed by atoms with Gasteiger partial charge in [0.1, 0.15) is 0 Å². The first kappa shape index (κ1) is 26.0. The minimum Gasteiger partial charge on any atom is -0.376 e. The molecule has 160 valence electrons. The Morgan fingerprint density at radius 1 is 1.04 bits per heavy atom. The topological polar surface area (TPSA) is 52.6 Å². The van der Waals surface area contributed by atoms with E-state index in [-0.39, 0.29) is 23.6 Å². The number of unbranched alkanes of at least 4 members (excludes halogenated alkanes) is 6. The van der Waals surface area contributed by atoms with E-state index in [9.17, 15) is 9.36 Å². The molecule has 8 heteroatoms. The number of hydrogen-bond acceptors (Lipinski definition) is 5. The molecule has 28 heavy (non-hydrogen) atoms. The van der Waals surface area contributed by atoms with E-state index in [1.807, 2.05) is 30.3 Å². The number of rotatable bonds is 16. The lowest BCUT2D eigenvalue weighted by atomic mass is 10.1. The van der Waals surface area contributed by atoms with Gasteiger partial charge in [0.25, 0.3) is 0 Å². The average molecular weight is 469 g/mol. The molecule has 0 saturated carbocycles. The van der Waals surface area contributed by atoms with Crippen LogP contribution in [0.3, 0.4) is 0 Å². The summed E-state index contributed by atoms with van der Waals surface area (Å²) in [5.74, 6) is 0. The number of hydrogen-bond donors (Lipinski definition) is 0. The molecule has 0 amide bonds. The fraction of sp³-hybridized carbons (Fsp3) is 0.650. The summed E-state index contributed by atoms with van der Waals surface area (Å²) < 4.78 is 22.1. The van der Waals surface area contributed by atoms with Gasteiger partial charge in [0, 0.05) is 6.42 Å². The van der Waals surface area contributed by atoms with E-state index in [0.29, 0.717) is 13.0 Å². The molecule has 0 aromatic heterocycles. The molecular formula is C20H31Cl2O4PS. The normalized spacial score (nSPS) is 12.8. The van der Waals surface area contributed by atoms with Crippen molar-refractivity contribution < 1.29 is 18.6 Å². The summed E-state index contributed by atoms with van der Waals surface area (Å²) in [6, 6.07) is 9.76. The van der Waals surface area contributed by atoms with Crippen LogP contribution in [0.2, 0.25) is 0 Å². The largest absolute Gasteiger partial charge is 0.380 e. The molecule has 1 aromatic carbocycles. The number of halogens is 2. The van der Waals surface area contributed by atoms with Crippen LogP contribution >= 0.6 is 40.3 Å². The van der Waals surface area contributed by atoms with Crippen LogP contribution < -0.4 is 0 Å². The molecule has 0 heterocycles.